The van der Waals surface area contributed by atoms with Gasteiger partial charge in [-0.2, -0.15) is 0 Å². The third-order valence-corrected chi connectivity index (χ3v) is 5.88. The molecule has 1 heterocycles. The summed E-state index contributed by atoms with van der Waals surface area (Å²) in [5.41, 5.74) is 5.41. The lowest BCUT2D eigenvalue weighted by Crippen LogP contribution is -2.70. The summed E-state index contributed by atoms with van der Waals surface area (Å²) in [4.78, 5) is 11.7. The SMILES string of the molecule is CCC(N)(CC)CN1C(=O)C(C)(C)S1(=O)=O. The predicted molar refractivity (Wildman–Crippen MR) is 62.2 cm³/mol. The van der Waals surface area contributed by atoms with E-state index in [0.717, 1.165) is 4.31 Å². The second-order valence-electron chi connectivity index (χ2n) is 4.90. The number of nitrogens with two attached hydrogens (primary N) is 1. The lowest BCUT2D eigenvalue weighted by Gasteiger charge is -2.46. The van der Waals surface area contributed by atoms with Gasteiger partial charge in [0, 0.05) is 5.54 Å². The molecular formula is C10H20N2O3S. The molecule has 16 heavy (non-hydrogen) atoms. The molecular weight excluding hydrogens is 228 g/mol. The van der Waals surface area contributed by atoms with Gasteiger partial charge in [0.1, 0.15) is 0 Å². The molecule has 1 fully saturated rings. The zero-order valence-electron chi connectivity index (χ0n) is 10.3. The van der Waals surface area contributed by atoms with E-state index in [1.165, 1.54) is 13.8 Å². The highest BCUT2D eigenvalue weighted by Gasteiger charge is 2.60. The van der Waals surface area contributed by atoms with Crippen LogP contribution in [0.15, 0.2) is 0 Å². The van der Waals surface area contributed by atoms with Gasteiger partial charge < -0.3 is 5.73 Å². The Labute approximate surface area is 97.0 Å². The number of sulfonamides is 1. The zero-order valence-corrected chi connectivity index (χ0v) is 11.1. The fourth-order valence-electron chi connectivity index (χ4n) is 1.67. The van der Waals surface area contributed by atoms with Gasteiger partial charge in [0.2, 0.25) is 0 Å². The summed E-state index contributed by atoms with van der Waals surface area (Å²) in [6, 6.07) is 0. The van der Waals surface area contributed by atoms with Gasteiger partial charge in [-0.3, -0.25) is 4.79 Å². The van der Waals surface area contributed by atoms with E-state index in [0.29, 0.717) is 12.8 Å². The van der Waals surface area contributed by atoms with Crippen LogP contribution in [0.25, 0.3) is 0 Å². The van der Waals surface area contributed by atoms with Crippen LogP contribution in [-0.2, 0) is 14.8 Å². The molecule has 1 amide bonds. The maximum absolute atomic E-state index is 11.8. The second-order valence-corrected chi connectivity index (χ2v) is 7.31. The Morgan fingerprint density at radius 1 is 1.31 bits per heavy atom. The molecule has 1 rings (SSSR count). The van der Waals surface area contributed by atoms with Crippen LogP contribution in [-0.4, -0.2) is 35.5 Å². The molecule has 1 aliphatic rings. The van der Waals surface area contributed by atoms with Crippen LogP contribution < -0.4 is 5.73 Å². The fourth-order valence-corrected chi connectivity index (χ4v) is 3.30. The van der Waals surface area contributed by atoms with Gasteiger partial charge >= 0.3 is 0 Å². The van der Waals surface area contributed by atoms with Gasteiger partial charge in [0.05, 0.1) is 6.54 Å². The Morgan fingerprint density at radius 3 is 2.06 bits per heavy atom. The lowest BCUT2D eigenvalue weighted by atomic mass is 9.94. The Morgan fingerprint density at radius 2 is 1.75 bits per heavy atom. The smallest absolute Gasteiger partial charge is 0.258 e. The molecule has 0 aliphatic carbocycles. The maximum Gasteiger partial charge on any atom is 0.258 e. The first-order chi connectivity index (χ1) is 7.12. The molecule has 0 spiro atoms. The molecule has 0 aromatic heterocycles. The van der Waals surface area contributed by atoms with E-state index >= 15 is 0 Å². The Balaban J connectivity index is 2.92. The summed E-state index contributed by atoms with van der Waals surface area (Å²) >= 11 is 0. The molecule has 0 unspecified atom stereocenters. The van der Waals surface area contributed by atoms with Crippen molar-refractivity contribution in [3.8, 4) is 0 Å². The molecule has 0 aromatic rings. The summed E-state index contributed by atoms with van der Waals surface area (Å²) in [6.07, 6.45) is 1.28. The van der Waals surface area contributed by atoms with Crippen LogP contribution >= 0.6 is 0 Å². The molecule has 1 aliphatic heterocycles. The van der Waals surface area contributed by atoms with E-state index in [9.17, 15) is 13.2 Å². The zero-order chi connectivity index (χ0) is 12.8. The third-order valence-electron chi connectivity index (χ3n) is 3.54. The van der Waals surface area contributed by atoms with E-state index < -0.39 is 20.3 Å². The van der Waals surface area contributed by atoms with Gasteiger partial charge in [-0.25, -0.2) is 12.7 Å². The van der Waals surface area contributed by atoms with Gasteiger partial charge in [0.15, 0.2) is 4.75 Å². The molecule has 5 nitrogen and oxygen atoms in total. The average molecular weight is 248 g/mol. The van der Waals surface area contributed by atoms with E-state index in [1.54, 1.807) is 0 Å². The largest absolute Gasteiger partial charge is 0.324 e. The maximum atomic E-state index is 11.8. The molecule has 94 valence electrons. The van der Waals surface area contributed by atoms with Crippen molar-refractivity contribution in [2.75, 3.05) is 6.54 Å². The molecule has 0 bridgehead atoms. The molecule has 2 N–H and O–H groups in total. The number of amides is 1. The van der Waals surface area contributed by atoms with Crippen LogP contribution in [0.3, 0.4) is 0 Å². The Kier molecular flexibility index (Phi) is 3.11. The fraction of sp³-hybridized carbons (Fsp3) is 0.900. The Bertz CT molecular complexity index is 396. The molecule has 6 heteroatoms. The van der Waals surface area contributed by atoms with Crippen molar-refractivity contribution in [3.05, 3.63) is 0 Å². The summed E-state index contributed by atoms with van der Waals surface area (Å²) in [5.74, 6) is -0.357. The van der Waals surface area contributed by atoms with Crippen molar-refractivity contribution in [1.29, 1.82) is 0 Å². The van der Waals surface area contributed by atoms with Crippen molar-refractivity contribution in [2.45, 2.75) is 50.8 Å². The van der Waals surface area contributed by atoms with Crippen molar-refractivity contribution in [2.24, 2.45) is 5.73 Å². The summed E-state index contributed by atoms with van der Waals surface area (Å²) < 4.78 is 23.3. The molecule has 1 saturated heterocycles. The first-order valence-electron chi connectivity index (χ1n) is 5.48. The number of rotatable bonds is 4. The highest BCUT2D eigenvalue weighted by molar-refractivity contribution is 7.94. The van der Waals surface area contributed by atoms with Gasteiger partial charge in [-0.05, 0) is 26.7 Å². The van der Waals surface area contributed by atoms with Crippen LogP contribution in [0, 0.1) is 0 Å². The normalized spacial score (nSPS) is 23.1. The number of carbonyl (C=O) groups excluding carboxylic acids is 1. The summed E-state index contributed by atoms with van der Waals surface area (Å²) in [6.45, 7) is 6.73. The molecule has 0 radical (unpaired) electrons. The summed E-state index contributed by atoms with van der Waals surface area (Å²) in [7, 11) is -3.50. The van der Waals surface area contributed by atoms with Gasteiger partial charge in [0.25, 0.3) is 15.9 Å². The molecule has 0 aromatic carbocycles. The minimum Gasteiger partial charge on any atom is -0.324 e. The quantitative estimate of drug-likeness (QED) is 0.783. The van der Waals surface area contributed by atoms with Crippen LogP contribution in [0.1, 0.15) is 40.5 Å². The number of carbonyl (C=O) groups is 1. The number of hydrogen-bond donors (Lipinski definition) is 1. The minimum absolute atomic E-state index is 0.0879. The number of hydrogen-bond acceptors (Lipinski definition) is 4. The van der Waals surface area contributed by atoms with Crippen molar-refractivity contribution < 1.29 is 13.2 Å². The lowest BCUT2D eigenvalue weighted by molar-refractivity contribution is -0.132. The topological polar surface area (TPSA) is 80.5 Å². The van der Waals surface area contributed by atoms with Crippen LogP contribution in [0.4, 0.5) is 0 Å². The predicted octanol–water partition coefficient (Wildman–Crippen LogP) is 0.455. The Hall–Kier alpha value is -0.620. The van der Waals surface area contributed by atoms with Crippen molar-refractivity contribution >= 4 is 15.9 Å². The molecule has 0 atom stereocenters. The van der Waals surface area contributed by atoms with Crippen molar-refractivity contribution in [3.63, 3.8) is 0 Å². The first kappa shape index (κ1) is 13.4. The summed E-state index contributed by atoms with van der Waals surface area (Å²) in [5, 5.41) is 0. The van der Waals surface area contributed by atoms with Gasteiger partial charge in [-0.1, -0.05) is 13.8 Å². The van der Waals surface area contributed by atoms with Gasteiger partial charge in [-0.15, -0.1) is 0 Å². The van der Waals surface area contributed by atoms with Crippen LogP contribution in [0.2, 0.25) is 0 Å². The highest BCUT2D eigenvalue weighted by Crippen LogP contribution is 2.36. The van der Waals surface area contributed by atoms with E-state index in [1.807, 2.05) is 13.8 Å². The molecule has 0 saturated carbocycles. The average Bonchev–Trinajstić information content (AvgIpc) is 2.24. The van der Waals surface area contributed by atoms with E-state index in [2.05, 4.69) is 0 Å². The standard InChI is InChI=1S/C10H20N2O3S/c1-5-10(11,6-2)7-12-8(13)9(3,4)16(12,14)15/h5-7,11H2,1-4H3. The van der Waals surface area contributed by atoms with E-state index in [4.69, 9.17) is 5.73 Å². The monoisotopic (exact) mass is 248 g/mol. The second kappa shape index (κ2) is 3.70. The highest BCUT2D eigenvalue weighted by atomic mass is 32.2. The third kappa shape index (κ3) is 1.64. The van der Waals surface area contributed by atoms with Crippen molar-refractivity contribution in [1.82, 2.24) is 4.31 Å². The van der Waals surface area contributed by atoms with E-state index in [-0.39, 0.29) is 12.5 Å². The minimum atomic E-state index is -3.50. The number of nitrogens with zero attached hydrogens (tertiary/aromatic N) is 1. The van der Waals surface area contributed by atoms with Crippen LogP contribution in [0.5, 0.6) is 0 Å². The first-order valence-corrected chi connectivity index (χ1v) is 6.92.